The first kappa shape index (κ1) is 14.9. The second-order valence-corrected chi connectivity index (χ2v) is 7.49. The van der Waals surface area contributed by atoms with Gasteiger partial charge in [-0.05, 0) is 43.4 Å². The molecule has 2 bridgehead atoms. The molecule has 0 unspecified atom stereocenters. The number of anilines is 1. The fourth-order valence-electron chi connectivity index (χ4n) is 3.81. The molecule has 1 amide bonds. The van der Waals surface area contributed by atoms with E-state index in [1.807, 2.05) is 13.8 Å². The number of amides is 1. The number of fused-ring (bicyclic) bond motifs is 2. The average molecular weight is 326 g/mol. The number of hydrogen-bond acceptors (Lipinski definition) is 2. The molecule has 2 aliphatic carbocycles. The molecule has 112 valence electrons. The van der Waals surface area contributed by atoms with E-state index in [2.05, 4.69) is 5.32 Å². The van der Waals surface area contributed by atoms with E-state index in [4.69, 9.17) is 23.2 Å². The zero-order valence-corrected chi connectivity index (χ0v) is 13.5. The molecule has 2 atom stereocenters. The number of halogens is 2. The van der Waals surface area contributed by atoms with Crippen LogP contribution < -0.4 is 5.32 Å². The zero-order valence-electron chi connectivity index (χ0n) is 12.0. The third kappa shape index (κ3) is 2.09. The summed E-state index contributed by atoms with van der Waals surface area (Å²) in [6.07, 6.45) is 2.20. The van der Waals surface area contributed by atoms with Gasteiger partial charge in [-0.15, -0.1) is 0 Å². The van der Waals surface area contributed by atoms with Crippen molar-refractivity contribution >= 4 is 40.6 Å². The first-order valence-electron chi connectivity index (χ1n) is 7.09. The normalized spacial score (nSPS) is 29.7. The predicted octanol–water partition coefficient (Wildman–Crippen LogP) is 4.33. The van der Waals surface area contributed by atoms with Crippen LogP contribution in [0.5, 0.6) is 0 Å². The van der Waals surface area contributed by atoms with Gasteiger partial charge in [-0.25, -0.2) is 0 Å². The Labute approximate surface area is 134 Å². The number of hydrogen-bond donors (Lipinski definition) is 1. The predicted molar refractivity (Wildman–Crippen MR) is 83.7 cm³/mol. The lowest BCUT2D eigenvalue weighted by atomic mass is 9.70. The second-order valence-electron chi connectivity index (χ2n) is 6.65. The van der Waals surface area contributed by atoms with E-state index < -0.39 is 10.8 Å². The van der Waals surface area contributed by atoms with E-state index in [0.29, 0.717) is 34.5 Å². The molecule has 5 heteroatoms. The molecular weight excluding hydrogens is 309 g/mol. The Kier molecular flexibility index (Phi) is 3.34. The Balaban J connectivity index is 1.90. The minimum Gasteiger partial charge on any atom is -0.324 e. The summed E-state index contributed by atoms with van der Waals surface area (Å²) in [6.45, 7) is 3.89. The number of nitrogens with one attached hydrogen (secondary N) is 1. The third-order valence-corrected chi connectivity index (χ3v) is 5.73. The van der Waals surface area contributed by atoms with Gasteiger partial charge in [-0.1, -0.05) is 37.0 Å². The summed E-state index contributed by atoms with van der Waals surface area (Å²) >= 11 is 12.0. The molecule has 2 aliphatic rings. The van der Waals surface area contributed by atoms with Crippen LogP contribution in [0, 0.1) is 16.7 Å². The summed E-state index contributed by atoms with van der Waals surface area (Å²) in [5.41, 5.74) is -0.836. The molecule has 2 fully saturated rings. The molecule has 0 radical (unpaired) electrons. The van der Waals surface area contributed by atoms with Gasteiger partial charge in [-0.3, -0.25) is 9.59 Å². The largest absolute Gasteiger partial charge is 0.324 e. The maximum atomic E-state index is 12.7. The van der Waals surface area contributed by atoms with Gasteiger partial charge in [0.15, 0.2) is 5.78 Å². The van der Waals surface area contributed by atoms with Gasteiger partial charge in [0.1, 0.15) is 5.41 Å². The Bertz CT molecular complexity index is 641. The van der Waals surface area contributed by atoms with Gasteiger partial charge >= 0.3 is 0 Å². The molecule has 21 heavy (non-hydrogen) atoms. The second kappa shape index (κ2) is 4.72. The fraction of sp³-hybridized carbons (Fsp3) is 0.500. The van der Waals surface area contributed by atoms with E-state index in [9.17, 15) is 9.59 Å². The molecule has 0 aromatic heterocycles. The quantitative estimate of drug-likeness (QED) is 0.823. The molecule has 1 N–H and O–H groups in total. The highest BCUT2D eigenvalue weighted by Crippen LogP contribution is 2.60. The molecule has 0 saturated heterocycles. The van der Waals surface area contributed by atoms with E-state index in [-0.39, 0.29) is 11.7 Å². The van der Waals surface area contributed by atoms with Crippen molar-refractivity contribution in [3.8, 4) is 0 Å². The van der Waals surface area contributed by atoms with Crippen molar-refractivity contribution in [3.63, 3.8) is 0 Å². The number of carbonyl (C=O) groups is 2. The monoisotopic (exact) mass is 325 g/mol. The minimum absolute atomic E-state index is 0.0573. The van der Waals surface area contributed by atoms with Crippen molar-refractivity contribution in [2.24, 2.45) is 16.7 Å². The third-order valence-electron chi connectivity index (χ3n) is 5.17. The van der Waals surface area contributed by atoms with E-state index in [1.54, 1.807) is 18.2 Å². The van der Waals surface area contributed by atoms with E-state index >= 15 is 0 Å². The molecule has 0 heterocycles. The van der Waals surface area contributed by atoms with Gasteiger partial charge in [0.25, 0.3) is 0 Å². The Morgan fingerprint density at radius 3 is 2.67 bits per heavy atom. The SMILES string of the molecule is CC1(C)C(=O)[C@]2(C(=O)Nc3cc(Cl)ccc3Cl)CC[C@H]1C2. The number of carbonyl (C=O) groups excluding carboxylic acids is 2. The minimum atomic E-state index is -0.889. The molecular formula is C16H17Cl2NO2. The first-order valence-corrected chi connectivity index (χ1v) is 7.84. The molecule has 1 aromatic rings. The molecule has 3 rings (SSSR count). The van der Waals surface area contributed by atoms with Gasteiger partial charge in [0, 0.05) is 10.4 Å². The van der Waals surface area contributed by atoms with Crippen molar-refractivity contribution in [2.45, 2.75) is 33.1 Å². The van der Waals surface area contributed by atoms with Crippen molar-refractivity contribution in [1.29, 1.82) is 0 Å². The average Bonchev–Trinajstić information content (AvgIpc) is 2.94. The summed E-state index contributed by atoms with van der Waals surface area (Å²) < 4.78 is 0. The lowest BCUT2D eigenvalue weighted by Gasteiger charge is -2.32. The number of rotatable bonds is 2. The fourth-order valence-corrected chi connectivity index (χ4v) is 4.15. The highest BCUT2D eigenvalue weighted by Gasteiger charge is 2.65. The van der Waals surface area contributed by atoms with Gasteiger partial charge < -0.3 is 5.32 Å². The molecule has 0 aliphatic heterocycles. The number of ketones is 1. The molecule has 0 spiro atoms. The Morgan fingerprint density at radius 1 is 1.33 bits per heavy atom. The lowest BCUT2D eigenvalue weighted by Crippen LogP contribution is -2.44. The van der Waals surface area contributed by atoms with Crippen LogP contribution in [-0.4, -0.2) is 11.7 Å². The highest BCUT2D eigenvalue weighted by atomic mass is 35.5. The zero-order chi connectivity index (χ0) is 15.4. The van der Waals surface area contributed by atoms with Gasteiger partial charge in [-0.2, -0.15) is 0 Å². The lowest BCUT2D eigenvalue weighted by molar-refractivity contribution is -0.142. The smallest absolute Gasteiger partial charge is 0.238 e. The summed E-state index contributed by atoms with van der Waals surface area (Å²) in [4.78, 5) is 25.4. The highest BCUT2D eigenvalue weighted by molar-refractivity contribution is 6.36. The van der Waals surface area contributed by atoms with Crippen LogP contribution in [0.2, 0.25) is 10.0 Å². The topological polar surface area (TPSA) is 46.2 Å². The number of Topliss-reactive ketones (excluding diaryl/α,β-unsaturated/α-hetero) is 1. The van der Waals surface area contributed by atoms with Crippen LogP contribution in [0.1, 0.15) is 33.1 Å². The Morgan fingerprint density at radius 2 is 2.05 bits per heavy atom. The van der Waals surface area contributed by atoms with Crippen LogP contribution in [0.3, 0.4) is 0 Å². The van der Waals surface area contributed by atoms with Crippen LogP contribution >= 0.6 is 23.2 Å². The summed E-state index contributed by atoms with van der Waals surface area (Å²) in [7, 11) is 0. The van der Waals surface area contributed by atoms with E-state index in [0.717, 1.165) is 6.42 Å². The van der Waals surface area contributed by atoms with Crippen molar-refractivity contribution < 1.29 is 9.59 Å². The van der Waals surface area contributed by atoms with Crippen molar-refractivity contribution in [3.05, 3.63) is 28.2 Å². The standard InChI is InChI=1S/C16H17Cl2NO2/c1-15(2)9-5-6-16(8-9,13(15)20)14(21)19-12-7-10(17)3-4-11(12)18/h3-4,7,9H,5-6,8H2,1-2H3,(H,19,21)/t9-,16-/m0/s1. The molecule has 3 nitrogen and oxygen atoms in total. The van der Waals surface area contributed by atoms with Crippen molar-refractivity contribution in [1.82, 2.24) is 0 Å². The molecule has 1 aromatic carbocycles. The van der Waals surface area contributed by atoms with E-state index in [1.165, 1.54) is 0 Å². The summed E-state index contributed by atoms with van der Waals surface area (Å²) in [5.74, 6) is 0.109. The van der Waals surface area contributed by atoms with Gasteiger partial charge in [0.05, 0.1) is 10.7 Å². The number of benzene rings is 1. The summed E-state index contributed by atoms with van der Waals surface area (Å²) in [5, 5.41) is 3.72. The van der Waals surface area contributed by atoms with Crippen LogP contribution in [-0.2, 0) is 9.59 Å². The maximum Gasteiger partial charge on any atom is 0.238 e. The Hall–Kier alpha value is -1.06. The maximum absolute atomic E-state index is 12.7. The first-order chi connectivity index (χ1) is 9.77. The summed E-state index contributed by atoms with van der Waals surface area (Å²) in [6, 6.07) is 4.90. The van der Waals surface area contributed by atoms with Crippen LogP contribution in [0.4, 0.5) is 5.69 Å². The molecule has 2 saturated carbocycles. The van der Waals surface area contributed by atoms with Crippen molar-refractivity contribution in [2.75, 3.05) is 5.32 Å². The van der Waals surface area contributed by atoms with Crippen LogP contribution in [0.25, 0.3) is 0 Å². The van der Waals surface area contributed by atoms with Gasteiger partial charge in [0.2, 0.25) is 5.91 Å². The van der Waals surface area contributed by atoms with Crippen LogP contribution in [0.15, 0.2) is 18.2 Å².